The second-order valence-electron chi connectivity index (χ2n) is 7.37. The molecule has 0 saturated carbocycles. The van der Waals surface area contributed by atoms with Crippen LogP contribution in [0.15, 0.2) is 4.42 Å². The maximum atomic E-state index is 12.3. The molecule has 0 fully saturated rings. The molecule has 1 aromatic heterocycles. The summed E-state index contributed by atoms with van der Waals surface area (Å²) >= 11 is 0. The van der Waals surface area contributed by atoms with Crippen LogP contribution in [0.3, 0.4) is 0 Å². The average Bonchev–Trinajstić information content (AvgIpc) is 2.68. The predicted octanol–water partition coefficient (Wildman–Crippen LogP) is 2.90. The van der Waals surface area contributed by atoms with Gasteiger partial charge < -0.3 is 9.32 Å². The van der Waals surface area contributed by atoms with Gasteiger partial charge in [-0.25, -0.2) is 4.98 Å². The summed E-state index contributed by atoms with van der Waals surface area (Å²) in [6.07, 6.45) is 0.764. The number of rotatable bonds is 0. The van der Waals surface area contributed by atoms with E-state index >= 15 is 0 Å². The fraction of sp³-hybridized carbons (Fsp3) is 0.733. The van der Waals surface area contributed by atoms with E-state index < -0.39 is 0 Å². The zero-order chi connectivity index (χ0) is 14.4. The molecule has 1 amide bonds. The van der Waals surface area contributed by atoms with Crippen molar-refractivity contribution in [1.82, 2.24) is 9.88 Å². The smallest absolute Gasteiger partial charge is 0.228 e. The third kappa shape index (κ3) is 2.82. The quantitative estimate of drug-likeness (QED) is 0.724. The van der Waals surface area contributed by atoms with Gasteiger partial charge in [0.1, 0.15) is 11.5 Å². The van der Waals surface area contributed by atoms with Gasteiger partial charge in [-0.2, -0.15) is 0 Å². The van der Waals surface area contributed by atoms with Crippen molar-refractivity contribution < 1.29 is 9.21 Å². The van der Waals surface area contributed by atoms with Crippen LogP contribution in [-0.2, 0) is 23.2 Å². The first-order valence-electron chi connectivity index (χ1n) is 6.87. The van der Waals surface area contributed by atoms with Crippen LogP contribution in [0.25, 0.3) is 0 Å². The molecule has 0 unspecified atom stereocenters. The van der Waals surface area contributed by atoms with E-state index in [1.54, 1.807) is 0 Å². The van der Waals surface area contributed by atoms with Crippen LogP contribution in [0.2, 0.25) is 0 Å². The number of fused-ring (bicyclic) bond motifs is 1. The molecule has 1 aliphatic heterocycles. The molecule has 19 heavy (non-hydrogen) atoms. The van der Waals surface area contributed by atoms with Crippen LogP contribution in [0.4, 0.5) is 0 Å². The molecule has 4 heteroatoms. The van der Waals surface area contributed by atoms with Crippen LogP contribution in [-0.4, -0.2) is 22.3 Å². The molecule has 0 radical (unpaired) electrons. The number of nitrogens with zero attached hydrogens (tertiary/aromatic N) is 2. The fourth-order valence-electron chi connectivity index (χ4n) is 2.17. The van der Waals surface area contributed by atoms with Crippen LogP contribution >= 0.6 is 0 Å². The number of oxazole rings is 1. The second-order valence-corrected chi connectivity index (χ2v) is 7.37. The molecule has 0 aliphatic carbocycles. The van der Waals surface area contributed by atoms with E-state index in [9.17, 15) is 4.79 Å². The van der Waals surface area contributed by atoms with Gasteiger partial charge in [0.05, 0.1) is 6.54 Å². The van der Waals surface area contributed by atoms with Crippen molar-refractivity contribution in [3.8, 4) is 0 Å². The first-order chi connectivity index (χ1) is 8.59. The zero-order valence-electron chi connectivity index (χ0n) is 12.8. The molecule has 1 aliphatic rings. The van der Waals surface area contributed by atoms with Crippen molar-refractivity contribution in [2.45, 2.75) is 59.9 Å². The largest absolute Gasteiger partial charge is 0.445 e. The summed E-state index contributed by atoms with van der Waals surface area (Å²) in [7, 11) is 0. The molecular formula is C15H24N2O2. The van der Waals surface area contributed by atoms with E-state index in [1.165, 1.54) is 0 Å². The Morgan fingerprint density at radius 3 is 2.37 bits per heavy atom. The van der Waals surface area contributed by atoms with Crippen LogP contribution in [0, 0.1) is 5.41 Å². The highest BCUT2D eigenvalue weighted by Crippen LogP contribution is 2.29. The Balaban J connectivity index is 2.21. The lowest BCUT2D eigenvalue weighted by molar-refractivity contribution is -0.140. The Bertz CT molecular complexity index is 489. The highest BCUT2D eigenvalue weighted by molar-refractivity contribution is 5.81. The Kier molecular flexibility index (Phi) is 3.23. The van der Waals surface area contributed by atoms with Gasteiger partial charge in [-0.15, -0.1) is 0 Å². The average molecular weight is 264 g/mol. The van der Waals surface area contributed by atoms with Gasteiger partial charge in [0, 0.05) is 23.8 Å². The van der Waals surface area contributed by atoms with Crippen LogP contribution in [0.5, 0.6) is 0 Å². The lowest BCUT2D eigenvalue weighted by atomic mass is 9.94. The van der Waals surface area contributed by atoms with E-state index in [2.05, 4.69) is 25.8 Å². The fourth-order valence-corrected chi connectivity index (χ4v) is 2.17. The van der Waals surface area contributed by atoms with Gasteiger partial charge in [0.2, 0.25) is 5.91 Å². The normalized spacial score (nSPS) is 16.4. The summed E-state index contributed by atoms with van der Waals surface area (Å²) in [5.74, 6) is 1.89. The minimum absolute atomic E-state index is 0.0871. The number of amides is 1. The van der Waals surface area contributed by atoms with Gasteiger partial charge in [0.15, 0.2) is 5.89 Å². The monoisotopic (exact) mass is 264 g/mol. The van der Waals surface area contributed by atoms with Gasteiger partial charge >= 0.3 is 0 Å². The second kappa shape index (κ2) is 4.36. The Morgan fingerprint density at radius 1 is 1.21 bits per heavy atom. The van der Waals surface area contributed by atoms with Crippen molar-refractivity contribution in [3.63, 3.8) is 0 Å². The first kappa shape index (κ1) is 14.1. The highest BCUT2D eigenvalue weighted by Gasteiger charge is 2.33. The predicted molar refractivity (Wildman–Crippen MR) is 73.8 cm³/mol. The summed E-state index contributed by atoms with van der Waals surface area (Å²) in [6, 6.07) is 0. The first-order valence-corrected chi connectivity index (χ1v) is 6.87. The number of hydrogen-bond donors (Lipinski definition) is 0. The summed E-state index contributed by atoms with van der Waals surface area (Å²) in [5.41, 5.74) is 0.499. The van der Waals surface area contributed by atoms with Gasteiger partial charge in [0.25, 0.3) is 0 Å². The summed E-state index contributed by atoms with van der Waals surface area (Å²) < 4.78 is 5.84. The standard InChI is InChI=1S/C15H24N2O2/c1-14(2,3)12-16-10-9-17(8-7-11(10)19-12)13(18)15(4,5)6/h7-9H2,1-6H3. The lowest BCUT2D eigenvalue weighted by Gasteiger charge is -2.31. The van der Waals surface area contributed by atoms with Crippen molar-refractivity contribution in [3.05, 3.63) is 17.3 Å². The molecule has 0 aromatic carbocycles. The molecule has 0 saturated heterocycles. The Labute approximate surface area is 115 Å². The van der Waals surface area contributed by atoms with E-state index in [1.807, 2.05) is 25.7 Å². The zero-order valence-corrected chi connectivity index (χ0v) is 12.8. The summed E-state index contributed by atoms with van der Waals surface area (Å²) in [4.78, 5) is 18.8. The minimum atomic E-state index is -0.339. The number of carbonyl (C=O) groups excluding carboxylic acids is 1. The molecule has 0 spiro atoms. The SMILES string of the molecule is CC(C)(C)C(=O)N1CCc2oc(C(C)(C)C)nc2C1. The van der Waals surface area contributed by atoms with Gasteiger partial charge in [-0.05, 0) is 0 Å². The van der Waals surface area contributed by atoms with E-state index in [0.29, 0.717) is 6.54 Å². The minimum Gasteiger partial charge on any atom is -0.445 e. The number of aromatic nitrogens is 1. The molecule has 0 atom stereocenters. The molecular weight excluding hydrogens is 240 g/mol. The van der Waals surface area contributed by atoms with Crippen LogP contribution < -0.4 is 0 Å². The number of hydrogen-bond acceptors (Lipinski definition) is 3. The third-order valence-electron chi connectivity index (χ3n) is 3.30. The number of carbonyl (C=O) groups is 1. The lowest BCUT2D eigenvalue weighted by Crippen LogP contribution is -2.42. The molecule has 4 nitrogen and oxygen atoms in total. The molecule has 0 N–H and O–H groups in total. The summed E-state index contributed by atoms with van der Waals surface area (Å²) in [6.45, 7) is 13.4. The van der Waals surface area contributed by atoms with Crippen molar-refractivity contribution >= 4 is 5.91 Å². The Hall–Kier alpha value is -1.32. The molecule has 0 bridgehead atoms. The van der Waals surface area contributed by atoms with Crippen molar-refractivity contribution in [1.29, 1.82) is 0 Å². The van der Waals surface area contributed by atoms with Crippen LogP contribution in [0.1, 0.15) is 58.9 Å². The van der Waals surface area contributed by atoms with Crippen molar-refractivity contribution in [2.75, 3.05) is 6.54 Å². The van der Waals surface area contributed by atoms with E-state index in [4.69, 9.17) is 4.42 Å². The van der Waals surface area contributed by atoms with Gasteiger partial charge in [-0.1, -0.05) is 41.5 Å². The Morgan fingerprint density at radius 2 is 1.84 bits per heavy atom. The maximum absolute atomic E-state index is 12.3. The van der Waals surface area contributed by atoms with Crippen molar-refractivity contribution in [2.24, 2.45) is 5.41 Å². The topological polar surface area (TPSA) is 46.3 Å². The molecule has 1 aromatic rings. The molecule has 106 valence electrons. The van der Waals surface area contributed by atoms with E-state index in [-0.39, 0.29) is 16.7 Å². The van der Waals surface area contributed by atoms with Gasteiger partial charge in [-0.3, -0.25) is 4.79 Å². The van der Waals surface area contributed by atoms with E-state index in [0.717, 1.165) is 30.3 Å². The molecule has 2 rings (SSSR count). The maximum Gasteiger partial charge on any atom is 0.228 e. The molecule has 2 heterocycles. The highest BCUT2D eigenvalue weighted by atomic mass is 16.4. The summed E-state index contributed by atoms with van der Waals surface area (Å²) in [5, 5.41) is 0. The third-order valence-corrected chi connectivity index (χ3v) is 3.30.